The Morgan fingerprint density at radius 1 is 1.09 bits per heavy atom. The van der Waals surface area contributed by atoms with Crippen molar-refractivity contribution in [2.75, 3.05) is 25.1 Å². The average molecular weight is 447 g/mol. The van der Waals surface area contributed by atoms with E-state index < -0.39 is 5.97 Å². The van der Waals surface area contributed by atoms with Gasteiger partial charge in [0, 0.05) is 47.9 Å². The predicted octanol–water partition coefficient (Wildman–Crippen LogP) is 6.54. The van der Waals surface area contributed by atoms with Crippen LogP contribution in [-0.2, 0) is 6.54 Å². The summed E-state index contributed by atoms with van der Waals surface area (Å²) in [7, 11) is 1.73. The van der Waals surface area contributed by atoms with E-state index in [2.05, 4.69) is 47.6 Å². The Hall–Kier alpha value is -2.95. The Balaban J connectivity index is 1.80. The van der Waals surface area contributed by atoms with Gasteiger partial charge in [-0.1, -0.05) is 39.2 Å². The molecule has 33 heavy (non-hydrogen) atoms. The smallest absolute Gasteiger partial charge is 0.335 e. The zero-order valence-corrected chi connectivity index (χ0v) is 19.9. The molecule has 5 nitrogen and oxygen atoms in total. The number of nitrogens with zero attached hydrogens (tertiary/aromatic N) is 2. The van der Waals surface area contributed by atoms with E-state index in [4.69, 9.17) is 4.74 Å². The van der Waals surface area contributed by atoms with Crippen LogP contribution in [0.1, 0.15) is 67.8 Å². The van der Waals surface area contributed by atoms with Gasteiger partial charge in [0.1, 0.15) is 5.75 Å². The first kappa shape index (κ1) is 21.9. The Morgan fingerprint density at radius 2 is 1.88 bits per heavy atom. The highest BCUT2D eigenvalue weighted by Gasteiger charge is 2.31. The maximum Gasteiger partial charge on any atom is 0.335 e. The van der Waals surface area contributed by atoms with Gasteiger partial charge in [-0.25, -0.2) is 4.79 Å². The van der Waals surface area contributed by atoms with Gasteiger partial charge in [-0.3, -0.25) is 0 Å². The number of ether oxygens (including phenoxy) is 1. The third-order valence-electron chi connectivity index (χ3n) is 7.34. The van der Waals surface area contributed by atoms with Crippen LogP contribution in [0.15, 0.2) is 36.4 Å². The lowest BCUT2D eigenvalue weighted by Gasteiger charge is -2.28. The van der Waals surface area contributed by atoms with E-state index in [0.717, 1.165) is 30.9 Å². The van der Waals surface area contributed by atoms with Crippen LogP contribution in [0.25, 0.3) is 22.2 Å². The molecule has 3 aromatic rings. The molecule has 2 aromatic carbocycles. The number of carboxylic acids is 1. The number of rotatable bonds is 5. The molecule has 0 atom stereocenters. The third kappa shape index (κ3) is 3.88. The maximum atomic E-state index is 11.8. The molecule has 0 spiro atoms. The molecule has 0 amide bonds. The molecular formula is C28H34N2O3. The molecule has 0 bridgehead atoms. The second-order valence-electron chi connectivity index (χ2n) is 10.0. The molecular weight excluding hydrogens is 412 g/mol. The van der Waals surface area contributed by atoms with Gasteiger partial charge < -0.3 is 19.3 Å². The lowest BCUT2D eigenvalue weighted by atomic mass is 9.81. The highest BCUT2D eigenvalue weighted by molar-refractivity contribution is 5.99. The lowest BCUT2D eigenvalue weighted by Crippen LogP contribution is -2.30. The van der Waals surface area contributed by atoms with Gasteiger partial charge in [-0.05, 0) is 54.5 Å². The number of carboxylic acid groups (broad SMARTS) is 1. The van der Waals surface area contributed by atoms with E-state index in [1.54, 1.807) is 13.2 Å². The second-order valence-corrected chi connectivity index (χ2v) is 10.0. The zero-order chi connectivity index (χ0) is 23.1. The topological polar surface area (TPSA) is 54.7 Å². The molecule has 0 radical (unpaired) electrons. The van der Waals surface area contributed by atoms with E-state index in [1.165, 1.54) is 60.0 Å². The number of aromatic nitrogens is 1. The molecule has 2 aliphatic rings. The Bertz CT molecular complexity index is 1190. The molecule has 1 fully saturated rings. The number of anilines is 1. The van der Waals surface area contributed by atoms with Crippen molar-refractivity contribution in [3.8, 4) is 17.0 Å². The fraction of sp³-hybridized carbons (Fsp3) is 0.464. The van der Waals surface area contributed by atoms with Crippen molar-refractivity contribution in [3.05, 3.63) is 47.5 Å². The summed E-state index contributed by atoms with van der Waals surface area (Å²) in [4.78, 5) is 14.3. The zero-order valence-electron chi connectivity index (χ0n) is 19.9. The van der Waals surface area contributed by atoms with Crippen LogP contribution in [0.2, 0.25) is 0 Å². The summed E-state index contributed by atoms with van der Waals surface area (Å²) < 4.78 is 8.01. The SMILES string of the molecule is COc1ccc2c(c1)N(CC(C)C)CCn1c-2c(C2CCCCC2)c2ccc(C(=O)O)cc21. The average Bonchev–Trinajstić information content (AvgIpc) is 3.06. The summed E-state index contributed by atoms with van der Waals surface area (Å²) in [5, 5.41) is 10.9. The molecule has 174 valence electrons. The van der Waals surface area contributed by atoms with Gasteiger partial charge in [0.15, 0.2) is 0 Å². The van der Waals surface area contributed by atoms with E-state index in [0.29, 0.717) is 17.4 Å². The number of aromatic carboxylic acids is 1. The first-order chi connectivity index (χ1) is 16.0. The Kier molecular flexibility index (Phi) is 5.81. The minimum atomic E-state index is -0.869. The van der Waals surface area contributed by atoms with E-state index >= 15 is 0 Å². The standard InChI is InChI=1S/C28H34N2O3/c1-18(2)17-29-13-14-30-25-15-20(28(31)32)9-11-22(25)26(19-7-5-4-6-8-19)27(30)23-12-10-21(33-3)16-24(23)29/h9-12,15-16,18-19H,4-8,13-14,17H2,1-3H3,(H,31,32). The van der Waals surface area contributed by atoms with Gasteiger partial charge >= 0.3 is 5.97 Å². The van der Waals surface area contributed by atoms with E-state index in [1.807, 2.05) is 6.07 Å². The number of benzene rings is 2. The minimum Gasteiger partial charge on any atom is -0.497 e. The quantitative estimate of drug-likeness (QED) is 0.483. The lowest BCUT2D eigenvalue weighted by molar-refractivity contribution is 0.0697. The predicted molar refractivity (Wildman–Crippen MR) is 134 cm³/mol. The second kappa shape index (κ2) is 8.77. The molecule has 1 aliphatic heterocycles. The van der Waals surface area contributed by atoms with Gasteiger partial charge in [-0.15, -0.1) is 0 Å². The fourth-order valence-corrected chi connectivity index (χ4v) is 5.91. The third-order valence-corrected chi connectivity index (χ3v) is 7.34. The first-order valence-electron chi connectivity index (χ1n) is 12.3. The molecule has 1 N–H and O–H groups in total. The summed E-state index contributed by atoms with van der Waals surface area (Å²) in [6, 6.07) is 12.2. The van der Waals surface area contributed by atoms with Gasteiger partial charge in [0.2, 0.25) is 0 Å². The molecule has 5 heteroatoms. The molecule has 2 heterocycles. The molecule has 0 saturated heterocycles. The van der Waals surface area contributed by atoms with Crippen molar-refractivity contribution in [3.63, 3.8) is 0 Å². The van der Waals surface area contributed by atoms with Gasteiger partial charge in [0.05, 0.1) is 18.4 Å². The van der Waals surface area contributed by atoms with Crippen molar-refractivity contribution in [1.82, 2.24) is 4.57 Å². The Labute approximate surface area is 196 Å². The van der Waals surface area contributed by atoms with Crippen molar-refractivity contribution in [2.45, 2.75) is 58.4 Å². The molecule has 0 unspecified atom stereocenters. The normalized spacial score (nSPS) is 16.5. The van der Waals surface area contributed by atoms with Crippen molar-refractivity contribution in [1.29, 1.82) is 0 Å². The minimum absolute atomic E-state index is 0.358. The van der Waals surface area contributed by atoms with Crippen LogP contribution in [0.5, 0.6) is 5.75 Å². The highest BCUT2D eigenvalue weighted by atomic mass is 16.5. The number of hydrogen-bond donors (Lipinski definition) is 1. The van der Waals surface area contributed by atoms with Crippen molar-refractivity contribution in [2.24, 2.45) is 5.92 Å². The summed E-state index contributed by atoms with van der Waals surface area (Å²) >= 11 is 0. The van der Waals surface area contributed by atoms with Crippen LogP contribution in [0.3, 0.4) is 0 Å². The van der Waals surface area contributed by atoms with Crippen molar-refractivity contribution < 1.29 is 14.6 Å². The van der Waals surface area contributed by atoms with E-state index in [-0.39, 0.29) is 0 Å². The number of methoxy groups -OCH3 is 1. The number of hydrogen-bond acceptors (Lipinski definition) is 3. The van der Waals surface area contributed by atoms with Gasteiger partial charge in [-0.2, -0.15) is 0 Å². The first-order valence-corrected chi connectivity index (χ1v) is 12.3. The largest absolute Gasteiger partial charge is 0.497 e. The summed E-state index contributed by atoms with van der Waals surface area (Å²) in [5.74, 6) is 1.06. The molecule has 1 aromatic heterocycles. The summed E-state index contributed by atoms with van der Waals surface area (Å²) in [6.07, 6.45) is 6.24. The molecule has 1 saturated carbocycles. The summed E-state index contributed by atoms with van der Waals surface area (Å²) in [6.45, 7) is 7.21. The monoisotopic (exact) mass is 446 g/mol. The maximum absolute atomic E-state index is 11.8. The van der Waals surface area contributed by atoms with Gasteiger partial charge in [0.25, 0.3) is 0 Å². The van der Waals surface area contributed by atoms with Crippen LogP contribution in [0, 0.1) is 5.92 Å². The van der Waals surface area contributed by atoms with Crippen LogP contribution < -0.4 is 9.64 Å². The van der Waals surface area contributed by atoms with Crippen molar-refractivity contribution >= 4 is 22.6 Å². The van der Waals surface area contributed by atoms with Crippen LogP contribution >= 0.6 is 0 Å². The number of fused-ring (bicyclic) bond motifs is 5. The van der Waals surface area contributed by atoms with Crippen LogP contribution in [-0.4, -0.2) is 35.8 Å². The molecule has 1 aliphatic carbocycles. The highest BCUT2D eigenvalue weighted by Crippen LogP contribution is 2.48. The Morgan fingerprint density at radius 3 is 2.58 bits per heavy atom. The summed E-state index contributed by atoms with van der Waals surface area (Å²) in [5.41, 5.74) is 6.57. The van der Waals surface area contributed by atoms with E-state index in [9.17, 15) is 9.90 Å². The number of carbonyl (C=O) groups is 1. The molecule has 5 rings (SSSR count). The van der Waals surface area contributed by atoms with Crippen LogP contribution in [0.4, 0.5) is 5.69 Å². The fourth-order valence-electron chi connectivity index (χ4n) is 5.91.